The second-order valence-corrected chi connectivity index (χ2v) is 4.28. The summed E-state index contributed by atoms with van der Waals surface area (Å²) in [4.78, 5) is 2.21. The van der Waals surface area contributed by atoms with Gasteiger partial charge in [-0.05, 0) is 19.2 Å². The average molecular weight is 227 g/mol. The van der Waals surface area contributed by atoms with E-state index in [1.54, 1.807) is 12.1 Å². The van der Waals surface area contributed by atoms with Crippen LogP contribution in [0.15, 0.2) is 18.2 Å². The lowest BCUT2D eigenvalue weighted by Gasteiger charge is -2.34. The zero-order chi connectivity index (χ0) is 10.8. The van der Waals surface area contributed by atoms with Crippen LogP contribution in [0.4, 0.5) is 0 Å². The van der Waals surface area contributed by atoms with Gasteiger partial charge in [-0.15, -0.1) is 0 Å². The van der Waals surface area contributed by atoms with Crippen LogP contribution in [-0.2, 0) is 0 Å². The fraction of sp³-hybridized carbons (Fsp3) is 0.455. The van der Waals surface area contributed by atoms with Gasteiger partial charge >= 0.3 is 0 Å². The van der Waals surface area contributed by atoms with E-state index in [0.717, 1.165) is 25.2 Å². The molecule has 0 spiro atoms. The fourth-order valence-electron chi connectivity index (χ4n) is 1.98. The highest BCUT2D eigenvalue weighted by Gasteiger charge is 2.24. The normalized spacial score (nSPS) is 22.9. The molecule has 82 valence electrons. The van der Waals surface area contributed by atoms with Crippen LogP contribution in [-0.4, -0.2) is 36.7 Å². The van der Waals surface area contributed by atoms with Gasteiger partial charge in [0.1, 0.15) is 5.75 Å². The molecule has 0 saturated carbocycles. The summed E-state index contributed by atoms with van der Waals surface area (Å²) in [5.74, 6) is 0.281. The molecule has 2 N–H and O–H groups in total. The Morgan fingerprint density at radius 2 is 2.33 bits per heavy atom. The van der Waals surface area contributed by atoms with Gasteiger partial charge in [0.25, 0.3) is 0 Å². The minimum absolute atomic E-state index is 0.160. The Bertz CT molecular complexity index is 336. The van der Waals surface area contributed by atoms with E-state index in [9.17, 15) is 5.11 Å². The van der Waals surface area contributed by atoms with Gasteiger partial charge in [-0.2, -0.15) is 0 Å². The lowest BCUT2D eigenvalue weighted by molar-refractivity contribution is 0.199. The molecule has 1 heterocycles. The first-order valence-corrected chi connectivity index (χ1v) is 5.46. The van der Waals surface area contributed by atoms with Crippen LogP contribution in [0.3, 0.4) is 0 Å². The molecular formula is C11H15ClN2O. The van der Waals surface area contributed by atoms with E-state index in [1.807, 2.05) is 13.1 Å². The van der Waals surface area contributed by atoms with E-state index >= 15 is 0 Å². The fourth-order valence-corrected chi connectivity index (χ4v) is 2.28. The molecule has 0 amide bonds. The van der Waals surface area contributed by atoms with Crippen molar-refractivity contribution in [1.82, 2.24) is 10.2 Å². The lowest BCUT2D eigenvalue weighted by atomic mass is 10.0. The summed E-state index contributed by atoms with van der Waals surface area (Å²) in [5.41, 5.74) is 0.828. The van der Waals surface area contributed by atoms with Crippen LogP contribution in [0.1, 0.15) is 11.6 Å². The van der Waals surface area contributed by atoms with Crippen LogP contribution in [0.5, 0.6) is 5.75 Å². The van der Waals surface area contributed by atoms with E-state index in [4.69, 9.17) is 11.6 Å². The molecule has 1 fully saturated rings. The first-order valence-electron chi connectivity index (χ1n) is 5.08. The molecule has 2 rings (SSSR count). The Hall–Kier alpha value is -0.770. The smallest absolute Gasteiger partial charge is 0.121 e. The van der Waals surface area contributed by atoms with E-state index in [1.165, 1.54) is 0 Å². The minimum atomic E-state index is 0.160. The predicted octanol–water partition coefficient (Wildman–Crippen LogP) is 1.62. The third-order valence-corrected chi connectivity index (χ3v) is 3.20. The van der Waals surface area contributed by atoms with Crippen molar-refractivity contribution in [3.05, 3.63) is 28.8 Å². The lowest BCUT2D eigenvalue weighted by Crippen LogP contribution is -2.43. The third kappa shape index (κ3) is 2.09. The summed E-state index contributed by atoms with van der Waals surface area (Å²) >= 11 is 6.11. The van der Waals surface area contributed by atoms with Gasteiger partial charge in [-0.3, -0.25) is 4.90 Å². The summed E-state index contributed by atoms with van der Waals surface area (Å²) in [7, 11) is 2.05. The van der Waals surface area contributed by atoms with Crippen molar-refractivity contribution in [2.45, 2.75) is 6.04 Å². The van der Waals surface area contributed by atoms with Crippen LogP contribution in [0.25, 0.3) is 0 Å². The number of halogens is 1. The van der Waals surface area contributed by atoms with Crippen molar-refractivity contribution < 1.29 is 5.11 Å². The van der Waals surface area contributed by atoms with Gasteiger partial charge in [-0.25, -0.2) is 0 Å². The zero-order valence-corrected chi connectivity index (χ0v) is 9.46. The number of nitrogens with zero attached hydrogens (tertiary/aromatic N) is 1. The molecule has 1 saturated heterocycles. The molecule has 1 atom stereocenters. The van der Waals surface area contributed by atoms with Crippen molar-refractivity contribution in [2.75, 3.05) is 26.7 Å². The number of hydrogen-bond donors (Lipinski definition) is 2. The Balaban J connectivity index is 2.35. The maximum atomic E-state index is 9.82. The highest BCUT2D eigenvalue weighted by atomic mass is 35.5. The number of phenols is 1. The minimum Gasteiger partial charge on any atom is -0.508 e. The third-order valence-electron chi connectivity index (χ3n) is 2.87. The Labute approximate surface area is 94.7 Å². The van der Waals surface area contributed by atoms with Gasteiger partial charge in [0.2, 0.25) is 0 Å². The molecule has 0 aliphatic carbocycles. The number of phenolic OH excluding ortho intramolecular Hbond substituents is 1. The molecule has 1 aliphatic rings. The molecule has 0 bridgehead atoms. The molecule has 4 heteroatoms. The largest absolute Gasteiger partial charge is 0.508 e. The van der Waals surface area contributed by atoms with Crippen LogP contribution in [0, 0.1) is 0 Å². The molecule has 3 nitrogen and oxygen atoms in total. The van der Waals surface area contributed by atoms with Gasteiger partial charge < -0.3 is 10.4 Å². The van der Waals surface area contributed by atoms with Crippen molar-refractivity contribution in [1.29, 1.82) is 0 Å². The van der Waals surface area contributed by atoms with E-state index in [-0.39, 0.29) is 11.8 Å². The molecule has 0 radical (unpaired) electrons. The van der Waals surface area contributed by atoms with Gasteiger partial charge in [0, 0.05) is 30.2 Å². The van der Waals surface area contributed by atoms with Gasteiger partial charge in [0.05, 0.1) is 6.04 Å². The average Bonchev–Trinajstić information content (AvgIpc) is 2.20. The highest BCUT2D eigenvalue weighted by molar-refractivity contribution is 6.31. The number of rotatable bonds is 1. The predicted molar refractivity (Wildman–Crippen MR) is 61.4 cm³/mol. The Morgan fingerprint density at radius 1 is 1.53 bits per heavy atom. The molecule has 15 heavy (non-hydrogen) atoms. The zero-order valence-electron chi connectivity index (χ0n) is 8.70. The number of aromatic hydroxyl groups is 1. The monoisotopic (exact) mass is 226 g/mol. The first kappa shape index (κ1) is 10.7. The second-order valence-electron chi connectivity index (χ2n) is 3.87. The van der Waals surface area contributed by atoms with E-state index in [2.05, 4.69) is 10.2 Å². The molecule has 1 aliphatic heterocycles. The first-order chi connectivity index (χ1) is 7.20. The standard InChI is InChI=1S/C11H15ClN2O/c1-14-6-5-13-7-9(14)11-8(12)3-2-4-10(11)15/h2-4,9,13,15H,5-7H2,1H3. The maximum absolute atomic E-state index is 9.82. The molecular weight excluding hydrogens is 212 g/mol. The van der Waals surface area contributed by atoms with Crippen molar-refractivity contribution in [3.63, 3.8) is 0 Å². The number of hydrogen-bond acceptors (Lipinski definition) is 3. The van der Waals surface area contributed by atoms with Crippen molar-refractivity contribution in [3.8, 4) is 5.75 Å². The maximum Gasteiger partial charge on any atom is 0.121 e. The number of benzene rings is 1. The topological polar surface area (TPSA) is 35.5 Å². The second kappa shape index (κ2) is 4.39. The number of nitrogens with one attached hydrogen (secondary N) is 1. The molecule has 1 aromatic carbocycles. The van der Waals surface area contributed by atoms with Crippen molar-refractivity contribution in [2.24, 2.45) is 0 Å². The summed E-state index contributed by atoms with van der Waals surface area (Å²) < 4.78 is 0. The Kier molecular flexibility index (Phi) is 3.14. The molecule has 0 aromatic heterocycles. The SMILES string of the molecule is CN1CCNCC1c1c(O)cccc1Cl. The summed E-state index contributed by atoms with van der Waals surface area (Å²) in [6.07, 6.45) is 0. The number of likely N-dealkylation sites (N-methyl/N-ethyl adjacent to an activating group) is 1. The van der Waals surface area contributed by atoms with Gasteiger partial charge in [-0.1, -0.05) is 17.7 Å². The highest BCUT2D eigenvalue weighted by Crippen LogP contribution is 2.34. The summed E-state index contributed by atoms with van der Waals surface area (Å²) in [6.45, 7) is 2.78. The summed E-state index contributed by atoms with van der Waals surface area (Å²) in [6, 6.07) is 5.42. The van der Waals surface area contributed by atoms with E-state index < -0.39 is 0 Å². The van der Waals surface area contributed by atoms with Crippen molar-refractivity contribution >= 4 is 11.6 Å². The Morgan fingerprint density at radius 3 is 3.00 bits per heavy atom. The van der Waals surface area contributed by atoms with Gasteiger partial charge in [0.15, 0.2) is 0 Å². The molecule has 1 aromatic rings. The van der Waals surface area contributed by atoms with Crippen LogP contribution in [0.2, 0.25) is 5.02 Å². The number of piperazine rings is 1. The quantitative estimate of drug-likeness (QED) is 0.764. The summed E-state index contributed by atoms with van der Waals surface area (Å²) in [5, 5.41) is 13.8. The van der Waals surface area contributed by atoms with Crippen LogP contribution < -0.4 is 5.32 Å². The van der Waals surface area contributed by atoms with Crippen LogP contribution >= 0.6 is 11.6 Å². The molecule has 1 unspecified atom stereocenters. The van der Waals surface area contributed by atoms with E-state index in [0.29, 0.717) is 5.02 Å².